The summed E-state index contributed by atoms with van der Waals surface area (Å²) in [4.78, 5) is 13.0. The molecule has 0 aliphatic carbocycles. The molecule has 1 N–H and O–H groups in total. The van der Waals surface area contributed by atoms with Crippen LogP contribution in [0.1, 0.15) is 12.1 Å². The molecular weight excluding hydrogens is 316 g/mol. The van der Waals surface area contributed by atoms with Crippen LogP contribution >= 0.6 is 0 Å². The summed E-state index contributed by atoms with van der Waals surface area (Å²) in [6.45, 7) is 3.76. The number of aryl methyl sites for hydroxylation is 3. The fourth-order valence-electron chi connectivity index (χ4n) is 2.84. The Hall–Kier alpha value is -3.16. The Balaban J connectivity index is 1.55. The van der Waals surface area contributed by atoms with Crippen molar-refractivity contribution < 1.29 is 0 Å². The van der Waals surface area contributed by atoms with Crippen molar-refractivity contribution in [2.24, 2.45) is 7.05 Å². The Labute approximate surface area is 145 Å². The molecule has 4 heterocycles. The molecular formula is C17H20N8. The Bertz CT molecular complexity index is 980. The molecule has 4 aromatic heterocycles. The second kappa shape index (κ2) is 6.39. The first-order valence-electron chi connectivity index (χ1n) is 8.25. The predicted octanol–water partition coefficient (Wildman–Crippen LogP) is 2.14. The summed E-state index contributed by atoms with van der Waals surface area (Å²) in [6, 6.07) is 3.98. The minimum absolute atomic E-state index is 0.812. The summed E-state index contributed by atoms with van der Waals surface area (Å²) in [5, 5.41) is 8.14. The molecule has 0 spiro atoms. The number of anilines is 1. The van der Waals surface area contributed by atoms with E-state index in [1.165, 1.54) is 0 Å². The molecule has 25 heavy (non-hydrogen) atoms. The van der Waals surface area contributed by atoms with Gasteiger partial charge < -0.3 is 14.5 Å². The third-order valence-electron chi connectivity index (χ3n) is 4.06. The van der Waals surface area contributed by atoms with E-state index >= 15 is 0 Å². The summed E-state index contributed by atoms with van der Waals surface area (Å²) in [5.41, 5.74) is 2.58. The standard InChI is InChI=1S/C17H20N8/c1-13-10-15(19-4-3-7-24-9-5-18-12-24)25-16(21-13)11-14(22-25)17-20-6-8-23(17)2/h5-6,8-12,19H,3-4,7H2,1-2H3. The van der Waals surface area contributed by atoms with Crippen molar-refractivity contribution in [1.29, 1.82) is 0 Å². The average Bonchev–Trinajstić information content (AvgIpc) is 3.31. The van der Waals surface area contributed by atoms with E-state index in [1.807, 2.05) is 53.9 Å². The molecule has 0 aliphatic rings. The number of imidazole rings is 2. The number of aromatic nitrogens is 7. The molecule has 0 saturated carbocycles. The topological polar surface area (TPSA) is 77.9 Å². The van der Waals surface area contributed by atoms with E-state index in [1.54, 1.807) is 12.4 Å². The van der Waals surface area contributed by atoms with Gasteiger partial charge in [-0.3, -0.25) is 0 Å². The van der Waals surface area contributed by atoms with Crippen LogP contribution in [-0.4, -0.2) is 40.2 Å². The maximum absolute atomic E-state index is 4.68. The van der Waals surface area contributed by atoms with Crippen LogP contribution in [0.15, 0.2) is 43.2 Å². The average molecular weight is 336 g/mol. The van der Waals surface area contributed by atoms with Gasteiger partial charge in [0, 0.05) is 62.8 Å². The lowest BCUT2D eigenvalue weighted by Crippen LogP contribution is -2.10. The number of hydrogen-bond acceptors (Lipinski definition) is 5. The lowest BCUT2D eigenvalue weighted by molar-refractivity contribution is 0.659. The van der Waals surface area contributed by atoms with Gasteiger partial charge >= 0.3 is 0 Å². The van der Waals surface area contributed by atoms with E-state index in [9.17, 15) is 0 Å². The number of nitrogens with one attached hydrogen (secondary N) is 1. The van der Waals surface area contributed by atoms with E-state index in [0.29, 0.717) is 0 Å². The van der Waals surface area contributed by atoms with Crippen LogP contribution in [0.5, 0.6) is 0 Å². The second-order valence-corrected chi connectivity index (χ2v) is 6.02. The summed E-state index contributed by atoms with van der Waals surface area (Å²) in [5.74, 6) is 1.77. The third kappa shape index (κ3) is 3.10. The fourth-order valence-corrected chi connectivity index (χ4v) is 2.84. The quantitative estimate of drug-likeness (QED) is 0.546. The van der Waals surface area contributed by atoms with Crippen molar-refractivity contribution in [2.45, 2.75) is 19.9 Å². The van der Waals surface area contributed by atoms with Gasteiger partial charge in [0.15, 0.2) is 11.5 Å². The highest BCUT2D eigenvalue weighted by molar-refractivity contribution is 5.61. The van der Waals surface area contributed by atoms with Gasteiger partial charge in [-0.05, 0) is 13.3 Å². The Morgan fingerprint density at radius 3 is 2.84 bits per heavy atom. The molecule has 0 aromatic carbocycles. The SMILES string of the molecule is Cc1cc(NCCCn2ccnc2)n2nc(-c3nccn3C)cc2n1. The molecule has 8 nitrogen and oxygen atoms in total. The lowest BCUT2D eigenvalue weighted by Gasteiger charge is -2.09. The van der Waals surface area contributed by atoms with Gasteiger partial charge in [-0.1, -0.05) is 0 Å². The van der Waals surface area contributed by atoms with E-state index in [2.05, 4.69) is 29.9 Å². The zero-order valence-electron chi connectivity index (χ0n) is 14.3. The highest BCUT2D eigenvalue weighted by Gasteiger charge is 2.12. The largest absolute Gasteiger partial charge is 0.370 e. The van der Waals surface area contributed by atoms with Gasteiger partial charge in [0.25, 0.3) is 0 Å². The van der Waals surface area contributed by atoms with Crippen molar-refractivity contribution in [1.82, 2.24) is 33.7 Å². The van der Waals surface area contributed by atoms with Gasteiger partial charge in [0.2, 0.25) is 0 Å². The first kappa shape index (κ1) is 15.4. The predicted molar refractivity (Wildman–Crippen MR) is 95.3 cm³/mol. The fraction of sp³-hybridized carbons (Fsp3) is 0.294. The van der Waals surface area contributed by atoms with E-state index in [-0.39, 0.29) is 0 Å². The number of rotatable bonds is 6. The van der Waals surface area contributed by atoms with Crippen molar-refractivity contribution in [3.63, 3.8) is 0 Å². The van der Waals surface area contributed by atoms with Crippen molar-refractivity contribution >= 4 is 11.5 Å². The van der Waals surface area contributed by atoms with E-state index < -0.39 is 0 Å². The lowest BCUT2D eigenvalue weighted by atomic mass is 10.3. The molecule has 4 aromatic rings. The van der Waals surface area contributed by atoms with Crippen molar-refractivity contribution in [3.8, 4) is 11.5 Å². The van der Waals surface area contributed by atoms with Crippen LogP contribution in [0.4, 0.5) is 5.82 Å². The second-order valence-electron chi connectivity index (χ2n) is 6.02. The van der Waals surface area contributed by atoms with Crippen LogP contribution in [0.2, 0.25) is 0 Å². The zero-order valence-corrected chi connectivity index (χ0v) is 14.3. The molecule has 0 unspecified atom stereocenters. The molecule has 0 aliphatic heterocycles. The summed E-state index contributed by atoms with van der Waals surface area (Å²) < 4.78 is 5.86. The Kier molecular flexibility index (Phi) is 3.93. The smallest absolute Gasteiger partial charge is 0.160 e. The number of hydrogen-bond donors (Lipinski definition) is 1. The number of fused-ring (bicyclic) bond motifs is 1. The zero-order chi connectivity index (χ0) is 17.2. The summed E-state index contributed by atoms with van der Waals surface area (Å²) in [6.07, 6.45) is 10.3. The van der Waals surface area contributed by atoms with Gasteiger partial charge in [0.1, 0.15) is 11.5 Å². The van der Waals surface area contributed by atoms with E-state index in [4.69, 9.17) is 0 Å². The van der Waals surface area contributed by atoms with Crippen LogP contribution in [0, 0.1) is 6.92 Å². The molecule has 0 saturated heterocycles. The highest BCUT2D eigenvalue weighted by atomic mass is 15.3. The minimum atomic E-state index is 0.812. The van der Waals surface area contributed by atoms with Crippen molar-refractivity contribution in [2.75, 3.05) is 11.9 Å². The minimum Gasteiger partial charge on any atom is -0.370 e. The normalized spacial score (nSPS) is 11.3. The van der Waals surface area contributed by atoms with Crippen LogP contribution < -0.4 is 5.32 Å². The summed E-state index contributed by atoms with van der Waals surface area (Å²) >= 11 is 0. The summed E-state index contributed by atoms with van der Waals surface area (Å²) in [7, 11) is 1.96. The number of nitrogens with zero attached hydrogens (tertiary/aromatic N) is 7. The van der Waals surface area contributed by atoms with Gasteiger partial charge in [0.05, 0.1) is 6.33 Å². The van der Waals surface area contributed by atoms with E-state index in [0.717, 1.165) is 48.2 Å². The molecule has 0 fully saturated rings. The van der Waals surface area contributed by atoms with Crippen molar-refractivity contribution in [3.05, 3.63) is 48.9 Å². The van der Waals surface area contributed by atoms with Gasteiger partial charge in [-0.25, -0.2) is 15.0 Å². The maximum atomic E-state index is 4.68. The maximum Gasteiger partial charge on any atom is 0.160 e. The molecule has 128 valence electrons. The van der Waals surface area contributed by atoms with Crippen LogP contribution in [0.25, 0.3) is 17.2 Å². The monoisotopic (exact) mass is 336 g/mol. The molecule has 4 rings (SSSR count). The molecule has 0 amide bonds. The highest BCUT2D eigenvalue weighted by Crippen LogP contribution is 2.20. The Morgan fingerprint density at radius 1 is 1.16 bits per heavy atom. The first-order chi connectivity index (χ1) is 12.2. The molecule has 0 atom stereocenters. The third-order valence-corrected chi connectivity index (χ3v) is 4.06. The molecule has 0 radical (unpaired) electrons. The Morgan fingerprint density at radius 2 is 2.08 bits per heavy atom. The first-order valence-corrected chi connectivity index (χ1v) is 8.25. The van der Waals surface area contributed by atoms with Crippen LogP contribution in [0.3, 0.4) is 0 Å². The van der Waals surface area contributed by atoms with Gasteiger partial charge in [-0.2, -0.15) is 9.61 Å². The van der Waals surface area contributed by atoms with Crippen LogP contribution in [-0.2, 0) is 13.6 Å². The molecule has 8 heteroatoms. The van der Waals surface area contributed by atoms with Gasteiger partial charge in [-0.15, -0.1) is 0 Å². The molecule has 0 bridgehead atoms.